The maximum Gasteiger partial charge on any atom is 0.338 e. The van der Waals surface area contributed by atoms with E-state index >= 15 is 0 Å². The molecule has 49 heavy (non-hydrogen) atoms. The molecule has 3 aliphatic rings. The molecule has 5 aromatic carbocycles. The SMILES string of the molecule is COc1ccc(CN2C(=O)c3c(c4c5ccccc5n5c4c4c3c3ccccc3n4[C@@H]3C[C@H]5[C@H](OC(=O)c4ccccc4)[C@H]3O)C2=O)cc1. The van der Waals surface area contributed by atoms with E-state index in [2.05, 4.69) is 9.13 Å². The smallest absolute Gasteiger partial charge is 0.338 e. The fourth-order valence-electron chi connectivity index (χ4n) is 8.68. The lowest BCUT2D eigenvalue weighted by Crippen LogP contribution is -2.36. The van der Waals surface area contributed by atoms with Crippen molar-refractivity contribution in [3.8, 4) is 5.75 Å². The van der Waals surface area contributed by atoms with Gasteiger partial charge in [-0.25, -0.2) is 4.79 Å². The molecule has 1 saturated carbocycles. The predicted molar refractivity (Wildman–Crippen MR) is 184 cm³/mol. The van der Waals surface area contributed by atoms with Crippen LogP contribution in [0.4, 0.5) is 0 Å². The third kappa shape index (κ3) is 3.65. The number of amides is 2. The largest absolute Gasteiger partial charge is 0.497 e. The Hall–Kier alpha value is -5.93. The average molecular weight is 648 g/mol. The molecule has 2 bridgehead atoms. The summed E-state index contributed by atoms with van der Waals surface area (Å²) < 4.78 is 15.8. The Kier molecular flexibility index (Phi) is 5.76. The van der Waals surface area contributed by atoms with Gasteiger partial charge in [-0.15, -0.1) is 0 Å². The van der Waals surface area contributed by atoms with Gasteiger partial charge in [0.05, 0.1) is 53.5 Å². The third-order valence-electron chi connectivity index (χ3n) is 10.7. The molecule has 240 valence electrons. The molecule has 0 saturated heterocycles. The fraction of sp³-hybridized carbons (Fsp3) is 0.175. The van der Waals surface area contributed by atoms with Crippen molar-refractivity contribution in [1.82, 2.24) is 14.0 Å². The van der Waals surface area contributed by atoms with Crippen LogP contribution < -0.4 is 4.74 Å². The van der Waals surface area contributed by atoms with Crippen molar-refractivity contribution >= 4 is 61.4 Å². The number of benzene rings is 5. The maximum atomic E-state index is 14.6. The van der Waals surface area contributed by atoms with Crippen molar-refractivity contribution in [2.24, 2.45) is 0 Å². The first-order valence-corrected chi connectivity index (χ1v) is 16.4. The number of aliphatic hydroxyl groups is 1. The molecule has 0 unspecified atom stereocenters. The number of aromatic nitrogens is 2. The number of para-hydroxylation sites is 2. The van der Waals surface area contributed by atoms with Gasteiger partial charge in [0, 0.05) is 32.6 Å². The summed E-state index contributed by atoms with van der Waals surface area (Å²) in [6.07, 6.45) is -1.41. The summed E-state index contributed by atoms with van der Waals surface area (Å²) in [7, 11) is 1.60. The van der Waals surface area contributed by atoms with Crippen LogP contribution in [0.1, 0.15) is 55.1 Å². The van der Waals surface area contributed by atoms with Crippen molar-refractivity contribution in [3.05, 3.63) is 125 Å². The number of rotatable bonds is 5. The van der Waals surface area contributed by atoms with Gasteiger partial charge in [0.2, 0.25) is 0 Å². The Bertz CT molecular complexity index is 2570. The molecule has 10 rings (SSSR count). The highest BCUT2D eigenvalue weighted by Gasteiger charge is 2.52. The van der Waals surface area contributed by atoms with E-state index in [4.69, 9.17) is 9.47 Å². The van der Waals surface area contributed by atoms with Crippen LogP contribution in [0.25, 0.3) is 43.6 Å². The zero-order valence-corrected chi connectivity index (χ0v) is 26.4. The molecule has 2 amide bonds. The summed E-state index contributed by atoms with van der Waals surface area (Å²) in [5, 5.41) is 15.1. The van der Waals surface area contributed by atoms with Crippen LogP contribution in [-0.2, 0) is 11.3 Å². The Balaban J connectivity index is 1.26. The molecule has 2 aliphatic heterocycles. The van der Waals surface area contributed by atoms with Gasteiger partial charge in [-0.05, 0) is 48.4 Å². The number of aliphatic hydroxyl groups excluding tert-OH is 1. The Labute approximate surface area is 279 Å². The van der Waals surface area contributed by atoms with E-state index in [1.807, 2.05) is 78.9 Å². The first-order valence-electron chi connectivity index (χ1n) is 16.4. The van der Waals surface area contributed by atoms with Gasteiger partial charge < -0.3 is 23.7 Å². The monoisotopic (exact) mass is 647 g/mol. The lowest BCUT2D eigenvalue weighted by molar-refractivity contribution is -0.0240. The minimum Gasteiger partial charge on any atom is -0.497 e. The molecule has 1 fully saturated rings. The zero-order valence-electron chi connectivity index (χ0n) is 26.4. The van der Waals surface area contributed by atoms with E-state index in [1.165, 1.54) is 4.90 Å². The van der Waals surface area contributed by atoms with Crippen molar-refractivity contribution in [1.29, 1.82) is 0 Å². The summed E-state index contributed by atoms with van der Waals surface area (Å²) >= 11 is 0. The summed E-state index contributed by atoms with van der Waals surface area (Å²) in [5.41, 5.74) is 5.28. The quantitative estimate of drug-likeness (QED) is 0.163. The number of methoxy groups -OCH3 is 1. The molecule has 9 nitrogen and oxygen atoms in total. The minimum absolute atomic E-state index is 0.109. The lowest BCUT2D eigenvalue weighted by Gasteiger charge is -2.27. The second kappa shape index (κ2) is 10.0. The highest BCUT2D eigenvalue weighted by atomic mass is 16.6. The van der Waals surface area contributed by atoms with Gasteiger partial charge in [0.1, 0.15) is 11.9 Å². The molecular formula is C40H29N3O6. The van der Waals surface area contributed by atoms with Crippen molar-refractivity contribution in [2.75, 3.05) is 7.11 Å². The van der Waals surface area contributed by atoms with Crippen molar-refractivity contribution in [2.45, 2.75) is 37.3 Å². The number of carbonyl (C=O) groups excluding carboxylic acids is 3. The van der Waals surface area contributed by atoms with E-state index < -0.39 is 30.3 Å². The summed E-state index contributed by atoms with van der Waals surface area (Å²) in [6.45, 7) is 0.109. The topological polar surface area (TPSA) is 103 Å². The Morgan fingerprint density at radius 1 is 0.735 bits per heavy atom. The van der Waals surface area contributed by atoms with Crippen LogP contribution in [0.3, 0.4) is 0 Å². The van der Waals surface area contributed by atoms with E-state index in [9.17, 15) is 19.5 Å². The number of hydrogen-bond donors (Lipinski definition) is 1. The van der Waals surface area contributed by atoms with Crippen molar-refractivity contribution < 1.29 is 29.0 Å². The number of imide groups is 1. The first kappa shape index (κ1) is 28.1. The zero-order chi connectivity index (χ0) is 33.1. The molecular weight excluding hydrogens is 618 g/mol. The molecule has 4 atom stereocenters. The fourth-order valence-corrected chi connectivity index (χ4v) is 8.68. The Morgan fingerprint density at radius 2 is 1.29 bits per heavy atom. The first-order chi connectivity index (χ1) is 24.0. The van der Waals surface area contributed by atoms with Crippen LogP contribution in [0.5, 0.6) is 5.75 Å². The van der Waals surface area contributed by atoms with Gasteiger partial charge in [-0.1, -0.05) is 66.7 Å². The third-order valence-corrected chi connectivity index (χ3v) is 10.7. The average Bonchev–Trinajstić information content (AvgIpc) is 3.79. The van der Waals surface area contributed by atoms with Crippen LogP contribution >= 0.6 is 0 Å². The van der Waals surface area contributed by atoms with E-state index in [0.717, 1.165) is 38.4 Å². The van der Waals surface area contributed by atoms with Crippen LogP contribution in [-0.4, -0.2) is 56.2 Å². The van der Waals surface area contributed by atoms with Crippen LogP contribution in [0.2, 0.25) is 0 Å². The molecule has 7 aromatic rings. The number of ether oxygens (including phenoxy) is 2. The lowest BCUT2D eigenvalue weighted by atomic mass is 9.96. The molecule has 0 spiro atoms. The minimum atomic E-state index is -1.03. The second-order valence-electron chi connectivity index (χ2n) is 13.1. The number of esters is 1. The molecule has 0 radical (unpaired) electrons. The maximum absolute atomic E-state index is 14.6. The summed E-state index contributed by atoms with van der Waals surface area (Å²) in [4.78, 5) is 44.0. The molecule has 1 aliphatic carbocycles. The summed E-state index contributed by atoms with van der Waals surface area (Å²) in [5.74, 6) is -0.509. The van der Waals surface area contributed by atoms with Gasteiger partial charge in [0.15, 0.2) is 6.10 Å². The van der Waals surface area contributed by atoms with E-state index in [-0.39, 0.29) is 18.4 Å². The molecule has 9 heteroatoms. The van der Waals surface area contributed by atoms with Crippen LogP contribution in [0, 0.1) is 0 Å². The molecule has 4 heterocycles. The highest BCUT2D eigenvalue weighted by molar-refractivity contribution is 6.39. The Morgan fingerprint density at radius 3 is 1.88 bits per heavy atom. The van der Waals surface area contributed by atoms with E-state index in [0.29, 0.717) is 39.6 Å². The van der Waals surface area contributed by atoms with Gasteiger partial charge in [-0.3, -0.25) is 14.5 Å². The molecule has 2 aromatic heterocycles. The highest BCUT2D eigenvalue weighted by Crippen LogP contribution is 2.55. The normalized spacial score (nSPS) is 21.0. The van der Waals surface area contributed by atoms with Gasteiger partial charge in [0.25, 0.3) is 11.8 Å². The van der Waals surface area contributed by atoms with Crippen molar-refractivity contribution in [3.63, 3.8) is 0 Å². The summed E-state index contributed by atoms with van der Waals surface area (Å²) in [6, 6.07) is 31.0. The molecule has 1 N–H and O–H groups in total. The standard InChI is InChI=1S/C40H29N3O6/c1-48-23-17-15-21(16-18-23)20-41-38(45)32-30-24-11-5-7-13-26(24)42-28-19-29(37(36(28)44)49-40(47)22-9-3-2-4-10-22)43-27-14-8-6-12-25(27)31(33(32)39(41)46)35(43)34(30)42/h2-18,28-29,36-37,44H,19-20H2,1H3/t28-,29+,36+,37+/m1/s1. The number of nitrogens with zero attached hydrogens (tertiary/aromatic N) is 3. The van der Waals surface area contributed by atoms with Gasteiger partial charge in [-0.2, -0.15) is 0 Å². The number of carbonyl (C=O) groups is 3. The number of fused-ring (bicyclic) bond motifs is 13. The second-order valence-corrected chi connectivity index (χ2v) is 13.1. The number of hydrogen-bond acceptors (Lipinski definition) is 6. The van der Waals surface area contributed by atoms with Gasteiger partial charge >= 0.3 is 5.97 Å². The van der Waals surface area contributed by atoms with E-state index in [1.54, 1.807) is 31.4 Å². The predicted octanol–water partition coefficient (Wildman–Crippen LogP) is 6.79. The van der Waals surface area contributed by atoms with Crippen LogP contribution in [0.15, 0.2) is 103 Å².